The van der Waals surface area contributed by atoms with E-state index in [1.807, 2.05) is 24.3 Å². The predicted molar refractivity (Wildman–Crippen MR) is 80.7 cm³/mol. The molecule has 22 heavy (non-hydrogen) atoms. The van der Waals surface area contributed by atoms with Crippen molar-refractivity contribution in [2.45, 2.75) is 26.8 Å². The van der Waals surface area contributed by atoms with Crippen LogP contribution in [0, 0.1) is 18.3 Å². The maximum Gasteiger partial charge on any atom is 0.310 e. The minimum Gasteiger partial charge on any atom is -0.466 e. The second-order valence-corrected chi connectivity index (χ2v) is 4.71. The first-order valence-electron chi connectivity index (χ1n) is 6.99. The van der Waals surface area contributed by atoms with E-state index in [0.29, 0.717) is 16.9 Å². The molecular formula is C16H17N3O3. The molecule has 0 aliphatic heterocycles. The van der Waals surface area contributed by atoms with Crippen LogP contribution in [-0.4, -0.2) is 21.9 Å². The summed E-state index contributed by atoms with van der Waals surface area (Å²) in [6.07, 6.45) is -0.0935. The minimum absolute atomic E-state index is 0.0266. The highest BCUT2D eigenvalue weighted by molar-refractivity contribution is 5.72. The van der Waals surface area contributed by atoms with Crippen LogP contribution >= 0.6 is 0 Å². The van der Waals surface area contributed by atoms with Gasteiger partial charge in [0.25, 0.3) is 5.56 Å². The summed E-state index contributed by atoms with van der Waals surface area (Å²) in [4.78, 5) is 24.3. The van der Waals surface area contributed by atoms with E-state index in [2.05, 4.69) is 0 Å². The molecule has 1 aromatic carbocycles. The maximum atomic E-state index is 12.7. The van der Waals surface area contributed by atoms with Crippen LogP contribution in [0.25, 0.3) is 5.69 Å². The molecule has 1 aromatic heterocycles. The van der Waals surface area contributed by atoms with Crippen molar-refractivity contribution in [3.8, 4) is 11.8 Å². The highest BCUT2D eigenvalue weighted by Crippen LogP contribution is 2.12. The summed E-state index contributed by atoms with van der Waals surface area (Å²) in [5.41, 5.74) is 1.31. The Kier molecular flexibility index (Phi) is 4.79. The summed E-state index contributed by atoms with van der Waals surface area (Å²) in [6.45, 7) is 3.74. The van der Waals surface area contributed by atoms with Crippen LogP contribution < -0.4 is 5.56 Å². The van der Waals surface area contributed by atoms with Gasteiger partial charge in [-0.15, -0.1) is 0 Å². The standard InChI is InChI=1S/C16H17N3O3/c1-3-22-15(20)11-14-12(2)18(10-9-17)19(16(14)21)13-7-5-4-6-8-13/h4-8H,3,10-11H2,1-2H3. The van der Waals surface area contributed by atoms with Gasteiger partial charge >= 0.3 is 5.97 Å². The third-order valence-corrected chi connectivity index (χ3v) is 3.36. The molecule has 0 saturated heterocycles. The first-order chi connectivity index (χ1) is 10.6. The summed E-state index contributed by atoms with van der Waals surface area (Å²) in [7, 11) is 0. The Morgan fingerprint density at radius 2 is 2.00 bits per heavy atom. The molecular weight excluding hydrogens is 282 g/mol. The second kappa shape index (κ2) is 6.76. The predicted octanol–water partition coefficient (Wildman–Crippen LogP) is 1.58. The number of carbonyl (C=O) groups excluding carboxylic acids is 1. The fourth-order valence-corrected chi connectivity index (χ4v) is 2.34. The van der Waals surface area contributed by atoms with Crippen LogP contribution in [0.1, 0.15) is 18.2 Å². The number of hydrogen-bond donors (Lipinski definition) is 0. The van der Waals surface area contributed by atoms with Crippen LogP contribution in [0.3, 0.4) is 0 Å². The number of nitriles is 1. The molecule has 114 valence electrons. The number of ether oxygens (including phenoxy) is 1. The van der Waals surface area contributed by atoms with Gasteiger partial charge in [0, 0.05) is 5.69 Å². The molecule has 0 aliphatic carbocycles. The Morgan fingerprint density at radius 1 is 1.32 bits per heavy atom. The number of nitrogens with zero attached hydrogens (tertiary/aromatic N) is 3. The SMILES string of the molecule is CCOC(=O)Cc1c(C)n(CC#N)n(-c2ccccc2)c1=O. The number of benzene rings is 1. The highest BCUT2D eigenvalue weighted by atomic mass is 16.5. The van der Waals surface area contributed by atoms with Crippen LogP contribution in [0.15, 0.2) is 35.1 Å². The van der Waals surface area contributed by atoms with Gasteiger partial charge in [0.2, 0.25) is 0 Å². The van der Waals surface area contributed by atoms with Gasteiger partial charge in [-0.2, -0.15) is 5.26 Å². The number of carbonyl (C=O) groups is 1. The van der Waals surface area contributed by atoms with Crippen molar-refractivity contribution < 1.29 is 9.53 Å². The van der Waals surface area contributed by atoms with E-state index in [1.54, 1.807) is 30.7 Å². The molecule has 0 unspecified atom stereocenters. The summed E-state index contributed by atoms with van der Waals surface area (Å²) >= 11 is 0. The number of esters is 1. The Balaban J connectivity index is 2.57. The fraction of sp³-hybridized carbons (Fsp3) is 0.312. The van der Waals surface area contributed by atoms with E-state index in [-0.39, 0.29) is 25.1 Å². The van der Waals surface area contributed by atoms with Gasteiger partial charge in [0.15, 0.2) is 0 Å². The van der Waals surface area contributed by atoms with Gasteiger partial charge in [0.05, 0.1) is 30.3 Å². The highest BCUT2D eigenvalue weighted by Gasteiger charge is 2.20. The average molecular weight is 299 g/mol. The van der Waals surface area contributed by atoms with Gasteiger partial charge in [-0.25, -0.2) is 4.68 Å². The molecule has 1 heterocycles. The lowest BCUT2D eigenvalue weighted by Gasteiger charge is -2.09. The maximum absolute atomic E-state index is 12.7. The van der Waals surface area contributed by atoms with Crippen LogP contribution in [-0.2, 0) is 22.5 Å². The van der Waals surface area contributed by atoms with E-state index in [0.717, 1.165) is 0 Å². The van der Waals surface area contributed by atoms with E-state index < -0.39 is 5.97 Å². The van der Waals surface area contributed by atoms with Gasteiger partial charge in [-0.1, -0.05) is 18.2 Å². The largest absolute Gasteiger partial charge is 0.466 e. The molecule has 0 spiro atoms. The lowest BCUT2D eigenvalue weighted by Crippen LogP contribution is -2.23. The third-order valence-electron chi connectivity index (χ3n) is 3.36. The van der Waals surface area contributed by atoms with Crippen LogP contribution in [0.4, 0.5) is 0 Å². The zero-order valence-corrected chi connectivity index (χ0v) is 12.6. The average Bonchev–Trinajstić information content (AvgIpc) is 2.73. The molecule has 0 saturated carbocycles. The number of hydrogen-bond acceptors (Lipinski definition) is 4. The van der Waals surface area contributed by atoms with Crippen molar-refractivity contribution in [2.24, 2.45) is 0 Å². The Hall–Kier alpha value is -2.81. The fourth-order valence-electron chi connectivity index (χ4n) is 2.34. The molecule has 0 N–H and O–H groups in total. The van der Waals surface area contributed by atoms with Crippen molar-refractivity contribution in [2.75, 3.05) is 6.61 Å². The molecule has 2 aromatic rings. The van der Waals surface area contributed by atoms with Crippen LogP contribution in [0.5, 0.6) is 0 Å². The quantitative estimate of drug-likeness (QED) is 0.785. The first-order valence-corrected chi connectivity index (χ1v) is 6.99. The molecule has 6 heteroatoms. The normalized spacial score (nSPS) is 10.2. The van der Waals surface area contributed by atoms with Crippen molar-refractivity contribution in [1.29, 1.82) is 5.26 Å². The molecule has 0 amide bonds. The van der Waals surface area contributed by atoms with Crippen molar-refractivity contribution >= 4 is 5.97 Å². The van der Waals surface area contributed by atoms with Crippen molar-refractivity contribution in [3.63, 3.8) is 0 Å². The smallest absolute Gasteiger partial charge is 0.310 e. The summed E-state index contributed by atoms with van der Waals surface area (Å²) < 4.78 is 7.91. The van der Waals surface area contributed by atoms with E-state index in [4.69, 9.17) is 10.00 Å². The summed E-state index contributed by atoms with van der Waals surface area (Å²) in [6, 6.07) is 11.1. The summed E-state index contributed by atoms with van der Waals surface area (Å²) in [5.74, 6) is -0.447. The van der Waals surface area contributed by atoms with Crippen molar-refractivity contribution in [3.05, 3.63) is 51.9 Å². The lowest BCUT2D eigenvalue weighted by atomic mass is 10.2. The summed E-state index contributed by atoms with van der Waals surface area (Å²) in [5, 5.41) is 9.00. The van der Waals surface area contributed by atoms with Crippen LogP contribution in [0.2, 0.25) is 0 Å². The van der Waals surface area contributed by atoms with E-state index in [9.17, 15) is 9.59 Å². The topological polar surface area (TPSA) is 77.0 Å². The Bertz CT molecular complexity index is 766. The molecule has 0 bridgehead atoms. The third kappa shape index (κ3) is 2.93. The van der Waals surface area contributed by atoms with Gasteiger partial charge in [-0.3, -0.25) is 14.3 Å². The van der Waals surface area contributed by atoms with Gasteiger partial charge in [0.1, 0.15) is 6.54 Å². The Morgan fingerprint density at radius 3 is 2.59 bits per heavy atom. The Labute approximate surface area is 128 Å². The lowest BCUT2D eigenvalue weighted by molar-refractivity contribution is -0.142. The number of para-hydroxylation sites is 1. The monoisotopic (exact) mass is 299 g/mol. The molecule has 0 atom stereocenters. The van der Waals surface area contributed by atoms with Crippen molar-refractivity contribution in [1.82, 2.24) is 9.36 Å². The minimum atomic E-state index is -0.447. The molecule has 0 radical (unpaired) electrons. The second-order valence-electron chi connectivity index (χ2n) is 4.71. The first kappa shape index (κ1) is 15.6. The molecule has 6 nitrogen and oxygen atoms in total. The van der Waals surface area contributed by atoms with E-state index in [1.165, 1.54) is 4.68 Å². The molecule has 0 aliphatic rings. The van der Waals surface area contributed by atoms with Gasteiger partial charge in [-0.05, 0) is 26.0 Å². The van der Waals surface area contributed by atoms with E-state index >= 15 is 0 Å². The molecule has 0 fully saturated rings. The zero-order valence-electron chi connectivity index (χ0n) is 12.6. The zero-order chi connectivity index (χ0) is 16.1. The number of rotatable bonds is 5. The number of aromatic nitrogens is 2. The van der Waals surface area contributed by atoms with Gasteiger partial charge < -0.3 is 4.74 Å². The molecule has 2 rings (SSSR count).